The van der Waals surface area contributed by atoms with Gasteiger partial charge in [0.15, 0.2) is 0 Å². The van der Waals surface area contributed by atoms with Crippen LogP contribution in [0.5, 0.6) is 0 Å². The van der Waals surface area contributed by atoms with Crippen molar-refractivity contribution in [3.8, 4) is 0 Å². The van der Waals surface area contributed by atoms with E-state index in [0.29, 0.717) is 17.0 Å². The third-order valence-electron chi connectivity index (χ3n) is 3.73. The van der Waals surface area contributed by atoms with Gasteiger partial charge in [0, 0.05) is 11.6 Å². The average Bonchev–Trinajstić information content (AvgIpc) is 3.29. The molecule has 1 aliphatic carbocycles. The Morgan fingerprint density at radius 3 is 2.52 bits per heavy atom. The largest absolute Gasteiger partial charge is 0.444 e. The number of hydrogen-bond acceptors (Lipinski definition) is 5. The minimum atomic E-state index is -0.988. The molecule has 1 saturated carbocycles. The van der Waals surface area contributed by atoms with Crippen LogP contribution in [0.2, 0.25) is 0 Å². The van der Waals surface area contributed by atoms with Gasteiger partial charge in [-0.2, -0.15) is 0 Å². The van der Waals surface area contributed by atoms with Crippen LogP contribution in [0.1, 0.15) is 46.3 Å². The molecule has 1 fully saturated rings. The number of benzene rings is 1. The smallest absolute Gasteiger partial charge is 0.344 e. The van der Waals surface area contributed by atoms with E-state index >= 15 is 0 Å². The molecule has 120 valence electrons. The van der Waals surface area contributed by atoms with Crippen molar-refractivity contribution in [3.05, 3.63) is 52.9 Å². The Bertz CT molecular complexity index is 700. The number of carbonyl (C=O) groups excluding carboxylic acids is 2. The van der Waals surface area contributed by atoms with Gasteiger partial charge in [-0.15, -0.1) is 0 Å². The molecule has 0 bridgehead atoms. The highest BCUT2D eigenvalue weighted by Crippen LogP contribution is 2.25. The van der Waals surface area contributed by atoms with Crippen molar-refractivity contribution in [1.82, 2.24) is 10.5 Å². The van der Waals surface area contributed by atoms with E-state index in [1.165, 1.54) is 0 Å². The number of nitrogens with zero attached hydrogens (tertiary/aromatic N) is 1. The van der Waals surface area contributed by atoms with Crippen LogP contribution in [0.3, 0.4) is 0 Å². The lowest BCUT2D eigenvalue weighted by molar-refractivity contribution is -0.130. The van der Waals surface area contributed by atoms with Crippen molar-refractivity contribution < 1.29 is 18.8 Å². The molecule has 0 aliphatic heterocycles. The minimum absolute atomic E-state index is 0.187. The quantitative estimate of drug-likeness (QED) is 0.857. The van der Waals surface area contributed by atoms with Gasteiger partial charge in [0.05, 0.1) is 5.69 Å². The highest BCUT2D eigenvalue weighted by atomic mass is 16.6. The van der Waals surface area contributed by atoms with Crippen LogP contribution >= 0.6 is 0 Å². The van der Waals surface area contributed by atoms with Gasteiger partial charge in [0.25, 0.3) is 5.91 Å². The number of ether oxygens (including phenoxy) is 1. The Kier molecular flexibility index (Phi) is 4.14. The third-order valence-corrected chi connectivity index (χ3v) is 3.73. The summed E-state index contributed by atoms with van der Waals surface area (Å²) >= 11 is 0. The van der Waals surface area contributed by atoms with Crippen molar-refractivity contribution in [2.75, 3.05) is 0 Å². The Labute approximate surface area is 133 Å². The van der Waals surface area contributed by atoms with Crippen molar-refractivity contribution in [1.29, 1.82) is 0 Å². The first kappa shape index (κ1) is 15.3. The molecule has 6 heteroatoms. The number of aromatic nitrogens is 1. The number of carbonyl (C=O) groups is 2. The summed E-state index contributed by atoms with van der Waals surface area (Å²) in [6, 6.07) is 9.16. The van der Waals surface area contributed by atoms with E-state index in [0.717, 1.165) is 12.8 Å². The molecule has 23 heavy (non-hydrogen) atoms. The van der Waals surface area contributed by atoms with Crippen molar-refractivity contribution in [3.63, 3.8) is 0 Å². The normalized spacial score (nSPS) is 15.0. The van der Waals surface area contributed by atoms with Gasteiger partial charge in [0.2, 0.25) is 6.10 Å². The van der Waals surface area contributed by atoms with E-state index in [1.54, 1.807) is 38.1 Å². The van der Waals surface area contributed by atoms with Gasteiger partial charge < -0.3 is 14.6 Å². The molecule has 1 N–H and O–H groups in total. The second-order valence-electron chi connectivity index (χ2n) is 5.68. The third kappa shape index (κ3) is 3.41. The lowest BCUT2D eigenvalue weighted by atomic mass is 10.1. The monoisotopic (exact) mass is 314 g/mol. The Balaban J connectivity index is 1.83. The maximum absolute atomic E-state index is 12.4. The highest BCUT2D eigenvalue weighted by molar-refractivity contribution is 5.94. The van der Waals surface area contributed by atoms with E-state index in [1.807, 2.05) is 6.07 Å². The summed E-state index contributed by atoms with van der Waals surface area (Å²) in [6.45, 7) is 3.30. The zero-order valence-electron chi connectivity index (χ0n) is 13.0. The first-order chi connectivity index (χ1) is 11.1. The minimum Gasteiger partial charge on any atom is -0.444 e. The second kappa shape index (κ2) is 6.24. The Hall–Kier alpha value is -2.63. The van der Waals surface area contributed by atoms with Crippen LogP contribution in [0.4, 0.5) is 0 Å². The molecule has 1 heterocycles. The molecule has 1 aromatic carbocycles. The van der Waals surface area contributed by atoms with Gasteiger partial charge >= 0.3 is 5.97 Å². The second-order valence-corrected chi connectivity index (χ2v) is 5.68. The molecule has 2 aromatic rings. The summed E-state index contributed by atoms with van der Waals surface area (Å²) in [5.41, 5.74) is 1.35. The van der Waals surface area contributed by atoms with Gasteiger partial charge in [-0.3, -0.25) is 4.79 Å². The Morgan fingerprint density at radius 2 is 1.96 bits per heavy atom. The SMILES string of the molecule is Cc1noc(C)c1C(=O)O[C@@H](C(=O)NC1CC1)c1ccccc1. The Morgan fingerprint density at radius 1 is 1.26 bits per heavy atom. The number of amides is 1. The van der Waals surface area contributed by atoms with Crippen molar-refractivity contribution in [2.24, 2.45) is 0 Å². The molecular formula is C17H18N2O4. The van der Waals surface area contributed by atoms with E-state index in [-0.39, 0.29) is 17.5 Å². The molecular weight excluding hydrogens is 296 g/mol. The fourth-order valence-corrected chi connectivity index (χ4v) is 2.35. The van der Waals surface area contributed by atoms with Gasteiger partial charge in [-0.25, -0.2) is 4.79 Å². The molecule has 1 aromatic heterocycles. The van der Waals surface area contributed by atoms with E-state index in [4.69, 9.17) is 9.26 Å². The summed E-state index contributed by atoms with van der Waals surface area (Å²) in [4.78, 5) is 24.9. The van der Waals surface area contributed by atoms with Crippen LogP contribution in [-0.2, 0) is 9.53 Å². The first-order valence-electron chi connectivity index (χ1n) is 7.55. The molecule has 3 rings (SSSR count). The molecule has 1 atom stereocenters. The molecule has 0 radical (unpaired) electrons. The summed E-state index contributed by atoms with van der Waals surface area (Å²) in [6.07, 6.45) is 0.939. The van der Waals surface area contributed by atoms with Crippen LogP contribution in [0.25, 0.3) is 0 Å². The fraction of sp³-hybridized carbons (Fsp3) is 0.353. The maximum Gasteiger partial charge on any atom is 0.344 e. The van der Waals surface area contributed by atoms with E-state index < -0.39 is 12.1 Å². The van der Waals surface area contributed by atoms with Crippen LogP contribution < -0.4 is 5.32 Å². The lowest BCUT2D eigenvalue weighted by Gasteiger charge is -2.17. The summed E-state index contributed by atoms with van der Waals surface area (Å²) < 4.78 is 10.5. The lowest BCUT2D eigenvalue weighted by Crippen LogP contribution is -2.33. The number of esters is 1. The fourth-order valence-electron chi connectivity index (χ4n) is 2.35. The molecule has 0 unspecified atom stereocenters. The number of nitrogens with one attached hydrogen (secondary N) is 1. The standard InChI is InChI=1S/C17H18N2O4/c1-10-14(11(2)23-19-10)17(21)22-15(12-6-4-3-5-7-12)16(20)18-13-8-9-13/h3-7,13,15H,8-9H2,1-2H3,(H,18,20)/t15-/m1/s1. The van der Waals surface area contributed by atoms with Crippen LogP contribution in [-0.4, -0.2) is 23.1 Å². The van der Waals surface area contributed by atoms with Gasteiger partial charge in [0.1, 0.15) is 11.3 Å². The van der Waals surface area contributed by atoms with E-state index in [2.05, 4.69) is 10.5 Å². The number of hydrogen-bond donors (Lipinski definition) is 1. The maximum atomic E-state index is 12.4. The van der Waals surface area contributed by atoms with Crippen molar-refractivity contribution >= 4 is 11.9 Å². The van der Waals surface area contributed by atoms with E-state index in [9.17, 15) is 9.59 Å². The van der Waals surface area contributed by atoms with Gasteiger partial charge in [-0.1, -0.05) is 35.5 Å². The highest BCUT2D eigenvalue weighted by Gasteiger charge is 2.32. The topological polar surface area (TPSA) is 81.4 Å². The van der Waals surface area contributed by atoms with Crippen molar-refractivity contribution in [2.45, 2.75) is 38.8 Å². The summed E-state index contributed by atoms with van der Waals surface area (Å²) in [5, 5.41) is 6.62. The predicted molar refractivity (Wildman–Crippen MR) is 81.7 cm³/mol. The molecule has 0 spiro atoms. The van der Waals surface area contributed by atoms with Gasteiger partial charge in [-0.05, 0) is 26.7 Å². The summed E-state index contributed by atoms with van der Waals surface area (Å²) in [7, 11) is 0. The predicted octanol–water partition coefficient (Wildman–Crippen LogP) is 2.47. The zero-order chi connectivity index (χ0) is 16.4. The average molecular weight is 314 g/mol. The van der Waals surface area contributed by atoms with Crippen LogP contribution in [0, 0.1) is 13.8 Å². The molecule has 1 aliphatic rings. The summed E-state index contributed by atoms with van der Waals surface area (Å²) in [5.74, 6) is -0.540. The number of rotatable bonds is 5. The molecule has 0 saturated heterocycles. The first-order valence-corrected chi connectivity index (χ1v) is 7.55. The molecule has 6 nitrogen and oxygen atoms in total. The zero-order valence-corrected chi connectivity index (χ0v) is 13.0. The molecule has 1 amide bonds. The number of aryl methyl sites for hydroxylation is 2. The van der Waals surface area contributed by atoms with Crippen LogP contribution in [0.15, 0.2) is 34.9 Å².